The van der Waals surface area contributed by atoms with Crippen LogP contribution in [0.1, 0.15) is 33.4 Å². The molecule has 0 aromatic carbocycles. The third kappa shape index (κ3) is 3.49. The molecule has 1 aromatic rings. The molecule has 0 saturated carbocycles. The molecule has 88 valence electrons. The summed E-state index contributed by atoms with van der Waals surface area (Å²) in [5, 5.41) is 0. The lowest BCUT2D eigenvalue weighted by molar-refractivity contribution is -0.116. The zero-order valence-corrected chi connectivity index (χ0v) is 9.98. The van der Waals surface area contributed by atoms with Crippen LogP contribution in [0.5, 0.6) is 0 Å². The number of hydrogen-bond acceptors (Lipinski definition) is 4. The number of aromatic nitrogens is 2. The van der Waals surface area contributed by atoms with Crippen LogP contribution in [0.25, 0.3) is 0 Å². The molecule has 0 saturated heterocycles. The van der Waals surface area contributed by atoms with Crippen molar-refractivity contribution in [1.29, 1.82) is 0 Å². The van der Waals surface area contributed by atoms with Gasteiger partial charge in [-0.15, -0.1) is 0 Å². The molecule has 1 heterocycles. The van der Waals surface area contributed by atoms with Gasteiger partial charge in [0.15, 0.2) is 0 Å². The van der Waals surface area contributed by atoms with E-state index in [4.69, 9.17) is 4.74 Å². The Kier molecular flexibility index (Phi) is 3.47. The normalized spacial score (nSPS) is 11.2. The molecule has 16 heavy (non-hydrogen) atoms. The lowest BCUT2D eigenvalue weighted by atomic mass is 10.2. The molecule has 1 rings (SSSR count). The number of carbonyl (C=O) groups is 2. The Balaban J connectivity index is 2.84. The summed E-state index contributed by atoms with van der Waals surface area (Å²) in [6, 6.07) is 0. The summed E-state index contributed by atoms with van der Waals surface area (Å²) in [7, 11) is 0. The van der Waals surface area contributed by atoms with Crippen molar-refractivity contribution in [2.75, 3.05) is 0 Å². The zero-order chi connectivity index (χ0) is 12.3. The molecular formula is C11H16N2O3. The standard InChI is InChI=1S/C11H16N2O3/c1-8(14)5-9-6-12-7-13(9)10(15)16-11(2,3)4/h6-7H,5H2,1-4H3. The fraction of sp³-hybridized carbons (Fsp3) is 0.545. The van der Waals surface area contributed by atoms with Gasteiger partial charge in [0.1, 0.15) is 17.7 Å². The average Bonchev–Trinajstić information content (AvgIpc) is 2.47. The van der Waals surface area contributed by atoms with Gasteiger partial charge < -0.3 is 4.74 Å². The molecular weight excluding hydrogens is 208 g/mol. The highest BCUT2D eigenvalue weighted by molar-refractivity contribution is 5.79. The first-order valence-electron chi connectivity index (χ1n) is 5.03. The molecule has 0 aliphatic carbocycles. The number of hydrogen-bond donors (Lipinski definition) is 0. The van der Waals surface area contributed by atoms with Crippen molar-refractivity contribution in [3.63, 3.8) is 0 Å². The van der Waals surface area contributed by atoms with Crippen LogP contribution >= 0.6 is 0 Å². The van der Waals surface area contributed by atoms with Crippen LogP contribution in [0.4, 0.5) is 4.79 Å². The molecule has 0 fully saturated rings. The molecule has 0 N–H and O–H groups in total. The predicted octanol–water partition coefficient (Wildman–Crippen LogP) is 1.80. The topological polar surface area (TPSA) is 61.2 Å². The molecule has 0 amide bonds. The molecule has 0 bridgehead atoms. The molecule has 5 nitrogen and oxygen atoms in total. The van der Waals surface area contributed by atoms with E-state index in [1.165, 1.54) is 24.0 Å². The Labute approximate surface area is 94.4 Å². The van der Waals surface area contributed by atoms with Crippen LogP contribution in [-0.4, -0.2) is 27.0 Å². The van der Waals surface area contributed by atoms with Gasteiger partial charge in [0.2, 0.25) is 0 Å². The van der Waals surface area contributed by atoms with E-state index in [2.05, 4.69) is 4.98 Å². The summed E-state index contributed by atoms with van der Waals surface area (Å²) < 4.78 is 6.43. The third-order valence-electron chi connectivity index (χ3n) is 1.74. The van der Waals surface area contributed by atoms with E-state index in [9.17, 15) is 9.59 Å². The van der Waals surface area contributed by atoms with Gasteiger partial charge in [0.25, 0.3) is 0 Å². The molecule has 0 aliphatic heterocycles. The summed E-state index contributed by atoms with van der Waals surface area (Å²) in [5.41, 5.74) is -0.0174. The maximum atomic E-state index is 11.7. The van der Waals surface area contributed by atoms with Gasteiger partial charge in [-0.3, -0.25) is 4.79 Å². The van der Waals surface area contributed by atoms with Gasteiger partial charge in [-0.25, -0.2) is 14.3 Å². The first-order chi connectivity index (χ1) is 7.29. The van der Waals surface area contributed by atoms with Gasteiger partial charge in [-0.05, 0) is 27.7 Å². The number of rotatable bonds is 2. The summed E-state index contributed by atoms with van der Waals surface area (Å²) in [6.07, 6.45) is 2.51. The van der Waals surface area contributed by atoms with Gasteiger partial charge in [-0.1, -0.05) is 0 Å². The molecule has 0 aliphatic rings. The summed E-state index contributed by atoms with van der Waals surface area (Å²) in [5.74, 6) is -0.0229. The monoisotopic (exact) mass is 224 g/mol. The van der Waals surface area contributed by atoms with Crippen molar-refractivity contribution in [2.45, 2.75) is 39.7 Å². The van der Waals surface area contributed by atoms with Crippen LogP contribution in [0.3, 0.4) is 0 Å². The minimum Gasteiger partial charge on any atom is -0.443 e. The van der Waals surface area contributed by atoms with Crippen molar-refractivity contribution < 1.29 is 14.3 Å². The Morgan fingerprint density at radius 2 is 2.06 bits per heavy atom. The third-order valence-corrected chi connectivity index (χ3v) is 1.74. The van der Waals surface area contributed by atoms with Crippen LogP contribution in [0.2, 0.25) is 0 Å². The number of ketones is 1. The van der Waals surface area contributed by atoms with Gasteiger partial charge in [0, 0.05) is 12.6 Å². The maximum absolute atomic E-state index is 11.7. The van der Waals surface area contributed by atoms with Gasteiger partial charge in [0.05, 0.1) is 5.69 Å². The summed E-state index contributed by atoms with van der Waals surface area (Å²) in [4.78, 5) is 26.5. The average molecular weight is 224 g/mol. The minimum atomic E-state index is -0.561. The quantitative estimate of drug-likeness (QED) is 0.768. The van der Waals surface area contributed by atoms with E-state index < -0.39 is 11.7 Å². The van der Waals surface area contributed by atoms with E-state index in [0.717, 1.165) is 0 Å². The second kappa shape index (κ2) is 4.47. The number of ether oxygens (including phenoxy) is 1. The van der Waals surface area contributed by atoms with E-state index in [1.54, 1.807) is 20.8 Å². The lowest BCUT2D eigenvalue weighted by Crippen LogP contribution is -2.28. The Morgan fingerprint density at radius 3 is 2.56 bits per heavy atom. The molecule has 0 spiro atoms. The summed E-state index contributed by atoms with van der Waals surface area (Å²) >= 11 is 0. The second-order valence-electron chi connectivity index (χ2n) is 4.61. The van der Waals surface area contributed by atoms with E-state index >= 15 is 0 Å². The van der Waals surface area contributed by atoms with Crippen molar-refractivity contribution in [1.82, 2.24) is 9.55 Å². The molecule has 0 unspecified atom stereocenters. The van der Waals surface area contributed by atoms with Crippen molar-refractivity contribution in [3.8, 4) is 0 Å². The SMILES string of the molecule is CC(=O)Cc1cncn1C(=O)OC(C)(C)C. The highest BCUT2D eigenvalue weighted by Gasteiger charge is 2.19. The Bertz CT molecular complexity index is 402. The van der Waals surface area contributed by atoms with Gasteiger partial charge in [-0.2, -0.15) is 0 Å². The lowest BCUT2D eigenvalue weighted by Gasteiger charge is -2.19. The Hall–Kier alpha value is -1.65. The maximum Gasteiger partial charge on any atom is 0.420 e. The first-order valence-corrected chi connectivity index (χ1v) is 5.03. The van der Waals surface area contributed by atoms with Crippen molar-refractivity contribution in [2.24, 2.45) is 0 Å². The van der Waals surface area contributed by atoms with Crippen LogP contribution in [0.15, 0.2) is 12.5 Å². The number of imidazole rings is 1. The Morgan fingerprint density at radius 1 is 1.44 bits per heavy atom. The van der Waals surface area contributed by atoms with Crippen LogP contribution < -0.4 is 0 Å². The number of carbonyl (C=O) groups excluding carboxylic acids is 2. The fourth-order valence-electron chi connectivity index (χ4n) is 1.18. The van der Waals surface area contributed by atoms with Gasteiger partial charge >= 0.3 is 6.09 Å². The van der Waals surface area contributed by atoms with E-state index in [1.807, 2.05) is 0 Å². The largest absolute Gasteiger partial charge is 0.443 e. The minimum absolute atomic E-state index is 0.0229. The molecule has 0 atom stereocenters. The van der Waals surface area contributed by atoms with Crippen LogP contribution in [0, 0.1) is 0 Å². The molecule has 1 aromatic heterocycles. The zero-order valence-electron chi connectivity index (χ0n) is 9.98. The first kappa shape index (κ1) is 12.4. The highest BCUT2D eigenvalue weighted by Crippen LogP contribution is 2.10. The van der Waals surface area contributed by atoms with Crippen LogP contribution in [-0.2, 0) is 16.0 Å². The van der Waals surface area contributed by atoms with Crippen molar-refractivity contribution in [3.05, 3.63) is 18.2 Å². The van der Waals surface area contributed by atoms with Crippen molar-refractivity contribution >= 4 is 11.9 Å². The second-order valence-corrected chi connectivity index (χ2v) is 4.61. The molecule has 0 radical (unpaired) electrons. The van der Waals surface area contributed by atoms with E-state index in [0.29, 0.717) is 5.69 Å². The summed E-state index contributed by atoms with van der Waals surface area (Å²) in [6.45, 7) is 6.82. The molecule has 5 heteroatoms. The highest BCUT2D eigenvalue weighted by atomic mass is 16.6. The smallest absolute Gasteiger partial charge is 0.420 e. The number of Topliss-reactive ketones (excluding diaryl/α,β-unsaturated/α-hetero) is 1. The fourth-order valence-corrected chi connectivity index (χ4v) is 1.18. The van der Waals surface area contributed by atoms with E-state index in [-0.39, 0.29) is 12.2 Å². The predicted molar refractivity (Wildman–Crippen MR) is 58.2 cm³/mol. The number of nitrogens with zero attached hydrogens (tertiary/aromatic N) is 2.